The first kappa shape index (κ1) is 17.3. The lowest BCUT2D eigenvalue weighted by Gasteiger charge is -2.33. The molecule has 9 heteroatoms. The van der Waals surface area contributed by atoms with E-state index in [1.54, 1.807) is 11.0 Å². The van der Waals surface area contributed by atoms with Crippen molar-refractivity contribution in [3.8, 4) is 0 Å². The van der Waals surface area contributed by atoms with E-state index in [4.69, 9.17) is 0 Å². The third kappa shape index (κ3) is 4.72. The predicted octanol–water partition coefficient (Wildman–Crippen LogP) is -1.37. The zero-order chi connectivity index (χ0) is 17.6. The van der Waals surface area contributed by atoms with Crippen molar-refractivity contribution in [2.24, 2.45) is 0 Å². The fourth-order valence-corrected chi connectivity index (χ4v) is 3.16. The molecule has 0 bridgehead atoms. The smallest absolute Gasteiger partial charge is 0.272 e. The van der Waals surface area contributed by atoms with Crippen LogP contribution in [0, 0.1) is 0 Å². The predicted molar refractivity (Wildman–Crippen MR) is 88.5 cm³/mol. The highest BCUT2D eigenvalue weighted by molar-refractivity contribution is 5.92. The van der Waals surface area contributed by atoms with Crippen LogP contribution in [0.3, 0.4) is 0 Å². The van der Waals surface area contributed by atoms with Gasteiger partial charge in [-0.2, -0.15) is 0 Å². The summed E-state index contributed by atoms with van der Waals surface area (Å²) in [5, 5.41) is 5.71. The van der Waals surface area contributed by atoms with Crippen LogP contribution in [0.1, 0.15) is 23.3 Å². The van der Waals surface area contributed by atoms with Gasteiger partial charge >= 0.3 is 0 Å². The maximum absolute atomic E-state index is 12.5. The third-order valence-corrected chi connectivity index (χ3v) is 4.36. The molecule has 1 aromatic rings. The lowest BCUT2D eigenvalue weighted by molar-refractivity contribution is -0.127. The van der Waals surface area contributed by atoms with Gasteiger partial charge in [0, 0.05) is 38.4 Å². The normalized spacial score (nSPS) is 21.5. The molecular weight excluding hydrogens is 324 g/mol. The van der Waals surface area contributed by atoms with E-state index in [0.29, 0.717) is 31.9 Å². The minimum atomic E-state index is -0.144. The quantitative estimate of drug-likeness (QED) is 0.696. The Balaban J connectivity index is 1.50. The molecule has 2 saturated heterocycles. The number of aromatic nitrogens is 2. The lowest BCUT2D eigenvalue weighted by Crippen LogP contribution is -2.54. The molecule has 0 saturated carbocycles. The molecule has 9 nitrogen and oxygen atoms in total. The van der Waals surface area contributed by atoms with Gasteiger partial charge in [0.05, 0.1) is 13.1 Å². The van der Waals surface area contributed by atoms with Crippen molar-refractivity contribution < 1.29 is 14.4 Å². The monoisotopic (exact) mass is 346 g/mol. The Hall–Kier alpha value is -2.55. The second kappa shape index (κ2) is 8.02. The number of carbonyl (C=O) groups excluding carboxylic acids is 3. The molecule has 2 aliphatic rings. The van der Waals surface area contributed by atoms with E-state index in [1.807, 2.05) is 4.90 Å². The maximum Gasteiger partial charge on any atom is 0.272 e. The number of rotatable bonds is 4. The summed E-state index contributed by atoms with van der Waals surface area (Å²) in [5.41, 5.74) is 0.362. The second-order valence-corrected chi connectivity index (χ2v) is 6.31. The number of hydrogen-bond donors (Lipinski definition) is 2. The van der Waals surface area contributed by atoms with Crippen LogP contribution >= 0.6 is 0 Å². The van der Waals surface area contributed by atoms with E-state index < -0.39 is 0 Å². The molecule has 2 N–H and O–H groups in total. The van der Waals surface area contributed by atoms with Gasteiger partial charge in [0.15, 0.2) is 0 Å². The first-order valence-electron chi connectivity index (χ1n) is 8.45. The van der Waals surface area contributed by atoms with Gasteiger partial charge in [-0.3, -0.25) is 19.3 Å². The Labute approximate surface area is 145 Å². The number of piperidine rings is 1. The Kier molecular flexibility index (Phi) is 5.54. The number of amides is 3. The first-order valence-corrected chi connectivity index (χ1v) is 8.45. The molecule has 3 heterocycles. The molecule has 0 radical (unpaired) electrons. The largest absolute Gasteiger partial charge is 0.354 e. The van der Waals surface area contributed by atoms with Gasteiger partial charge in [-0.05, 0) is 18.9 Å². The highest BCUT2D eigenvalue weighted by Crippen LogP contribution is 2.13. The minimum Gasteiger partial charge on any atom is -0.354 e. The number of piperazine rings is 1. The molecule has 2 fully saturated rings. The molecule has 25 heavy (non-hydrogen) atoms. The van der Waals surface area contributed by atoms with E-state index in [9.17, 15) is 14.4 Å². The summed E-state index contributed by atoms with van der Waals surface area (Å²) in [4.78, 5) is 47.4. The molecule has 0 spiro atoms. The molecule has 0 aliphatic carbocycles. The number of carbonyl (C=O) groups is 3. The maximum atomic E-state index is 12.5. The Bertz CT molecular complexity index is 638. The van der Waals surface area contributed by atoms with E-state index >= 15 is 0 Å². The standard InChI is InChI=1S/C16H22N6O3/c23-14-9-21(7-5-18-14)10-15(24)20-12-2-1-6-22(8-12)16(25)13-3-4-17-11-19-13/h3-4,11-12H,1-2,5-10H2,(H,18,23)(H,20,24)/t12-/m1/s1. The molecule has 1 aromatic heterocycles. The van der Waals surface area contributed by atoms with Crippen LogP contribution in [-0.4, -0.2) is 82.8 Å². The first-order chi connectivity index (χ1) is 12.1. The van der Waals surface area contributed by atoms with Crippen LogP contribution in [0.15, 0.2) is 18.6 Å². The second-order valence-electron chi connectivity index (χ2n) is 6.31. The molecule has 3 amide bonds. The molecular formula is C16H22N6O3. The van der Waals surface area contributed by atoms with Crippen LogP contribution in [0.2, 0.25) is 0 Å². The summed E-state index contributed by atoms with van der Waals surface area (Å²) in [6.45, 7) is 2.80. The summed E-state index contributed by atoms with van der Waals surface area (Å²) in [7, 11) is 0. The molecule has 0 unspecified atom stereocenters. The number of nitrogens with one attached hydrogen (secondary N) is 2. The molecule has 2 aliphatic heterocycles. The van der Waals surface area contributed by atoms with E-state index in [2.05, 4.69) is 20.6 Å². The van der Waals surface area contributed by atoms with Gasteiger partial charge in [0.1, 0.15) is 12.0 Å². The summed E-state index contributed by atoms with van der Waals surface area (Å²) in [5.74, 6) is -0.316. The molecule has 3 rings (SSSR count). The molecule has 1 atom stereocenters. The van der Waals surface area contributed by atoms with Crippen molar-refractivity contribution in [1.29, 1.82) is 0 Å². The van der Waals surface area contributed by atoms with Crippen LogP contribution < -0.4 is 10.6 Å². The minimum absolute atomic E-state index is 0.0571. The van der Waals surface area contributed by atoms with Crippen LogP contribution in [0.25, 0.3) is 0 Å². The van der Waals surface area contributed by atoms with Crippen molar-refractivity contribution in [1.82, 2.24) is 30.4 Å². The lowest BCUT2D eigenvalue weighted by atomic mass is 10.1. The van der Waals surface area contributed by atoms with Crippen LogP contribution in [0.5, 0.6) is 0 Å². The van der Waals surface area contributed by atoms with E-state index in [0.717, 1.165) is 12.8 Å². The van der Waals surface area contributed by atoms with Gasteiger partial charge in [-0.1, -0.05) is 0 Å². The highest BCUT2D eigenvalue weighted by atomic mass is 16.2. The number of nitrogens with zero attached hydrogens (tertiary/aromatic N) is 4. The van der Waals surface area contributed by atoms with Crippen molar-refractivity contribution in [2.75, 3.05) is 39.3 Å². The fourth-order valence-electron chi connectivity index (χ4n) is 3.16. The zero-order valence-corrected chi connectivity index (χ0v) is 14.0. The Morgan fingerprint density at radius 3 is 3.00 bits per heavy atom. The summed E-state index contributed by atoms with van der Waals surface area (Å²) in [6.07, 6.45) is 4.55. The van der Waals surface area contributed by atoms with Crippen molar-refractivity contribution in [3.63, 3.8) is 0 Å². The number of hydrogen-bond acceptors (Lipinski definition) is 6. The van der Waals surface area contributed by atoms with Gasteiger partial charge < -0.3 is 15.5 Å². The van der Waals surface area contributed by atoms with Crippen molar-refractivity contribution in [2.45, 2.75) is 18.9 Å². The highest BCUT2D eigenvalue weighted by Gasteiger charge is 2.27. The van der Waals surface area contributed by atoms with Gasteiger partial charge in [-0.15, -0.1) is 0 Å². The third-order valence-electron chi connectivity index (χ3n) is 4.36. The number of likely N-dealkylation sites (tertiary alicyclic amines) is 1. The topological polar surface area (TPSA) is 108 Å². The summed E-state index contributed by atoms with van der Waals surface area (Å²) in [6, 6.07) is 1.51. The SMILES string of the molecule is O=C1CN(CC(=O)N[C@@H]2CCCN(C(=O)c3ccncn3)C2)CCN1. The Morgan fingerprint density at radius 1 is 1.36 bits per heavy atom. The summed E-state index contributed by atoms with van der Waals surface area (Å²) >= 11 is 0. The average Bonchev–Trinajstić information content (AvgIpc) is 2.62. The van der Waals surface area contributed by atoms with Crippen molar-refractivity contribution >= 4 is 17.7 Å². The van der Waals surface area contributed by atoms with Gasteiger partial charge in [0.25, 0.3) is 5.91 Å². The zero-order valence-electron chi connectivity index (χ0n) is 14.0. The average molecular weight is 346 g/mol. The van der Waals surface area contributed by atoms with E-state index in [1.165, 1.54) is 12.5 Å². The van der Waals surface area contributed by atoms with Gasteiger partial charge in [-0.25, -0.2) is 9.97 Å². The molecule has 0 aromatic carbocycles. The van der Waals surface area contributed by atoms with E-state index in [-0.39, 0.29) is 36.9 Å². The Morgan fingerprint density at radius 2 is 2.24 bits per heavy atom. The van der Waals surface area contributed by atoms with Crippen LogP contribution in [0.4, 0.5) is 0 Å². The summed E-state index contributed by atoms with van der Waals surface area (Å²) < 4.78 is 0. The van der Waals surface area contributed by atoms with Crippen LogP contribution in [-0.2, 0) is 9.59 Å². The fraction of sp³-hybridized carbons (Fsp3) is 0.562. The van der Waals surface area contributed by atoms with Crippen molar-refractivity contribution in [3.05, 3.63) is 24.3 Å². The van der Waals surface area contributed by atoms with Gasteiger partial charge in [0.2, 0.25) is 11.8 Å². The molecule has 134 valence electrons.